The molecule has 0 aromatic rings. The van der Waals surface area contributed by atoms with Crippen molar-refractivity contribution >= 4 is 15.9 Å². The van der Waals surface area contributed by atoms with E-state index >= 15 is 0 Å². The second-order valence-corrected chi connectivity index (χ2v) is 6.91. The molecular formula is C15H32BrN. The zero-order chi connectivity index (χ0) is 12.9. The summed E-state index contributed by atoms with van der Waals surface area (Å²) in [6.07, 6.45) is 12.5. The number of nitrogens with one attached hydrogen (secondary N) is 1. The smallest absolute Gasteiger partial charge is 0.0132 e. The average Bonchev–Trinajstić information content (AvgIpc) is 2.26. The molecule has 0 aliphatic heterocycles. The fraction of sp³-hybridized carbons (Fsp3) is 1.00. The van der Waals surface area contributed by atoms with Crippen LogP contribution >= 0.6 is 15.9 Å². The van der Waals surface area contributed by atoms with Gasteiger partial charge >= 0.3 is 0 Å². The summed E-state index contributed by atoms with van der Waals surface area (Å²) in [5, 5.41) is 3.60. The van der Waals surface area contributed by atoms with Gasteiger partial charge in [-0.2, -0.15) is 0 Å². The highest BCUT2D eigenvalue weighted by Gasteiger charge is 2.04. The lowest BCUT2D eigenvalue weighted by atomic mass is 10.1. The van der Waals surface area contributed by atoms with Gasteiger partial charge < -0.3 is 5.32 Å². The molecule has 0 saturated heterocycles. The highest BCUT2D eigenvalue weighted by atomic mass is 79.9. The van der Waals surface area contributed by atoms with E-state index < -0.39 is 0 Å². The minimum atomic E-state index is 0.628. The van der Waals surface area contributed by atoms with Crippen LogP contribution in [0.2, 0.25) is 0 Å². The Kier molecular flexibility index (Phi) is 13.2. The van der Waals surface area contributed by atoms with Crippen molar-refractivity contribution in [2.45, 2.75) is 89.4 Å². The molecule has 2 atom stereocenters. The van der Waals surface area contributed by atoms with Crippen LogP contribution in [-0.4, -0.2) is 17.4 Å². The third-order valence-electron chi connectivity index (χ3n) is 3.20. The van der Waals surface area contributed by atoms with Gasteiger partial charge in [0.15, 0.2) is 0 Å². The zero-order valence-electron chi connectivity index (χ0n) is 12.1. The summed E-state index contributed by atoms with van der Waals surface area (Å²) in [5.41, 5.74) is 0. The largest absolute Gasteiger partial charge is 0.314 e. The topological polar surface area (TPSA) is 12.0 Å². The van der Waals surface area contributed by atoms with Crippen LogP contribution in [0.1, 0.15) is 78.6 Å². The van der Waals surface area contributed by atoms with Crippen LogP contribution < -0.4 is 5.32 Å². The van der Waals surface area contributed by atoms with Crippen LogP contribution in [0.5, 0.6) is 0 Å². The predicted molar refractivity (Wildman–Crippen MR) is 83.1 cm³/mol. The molecule has 104 valence electrons. The number of halogens is 1. The van der Waals surface area contributed by atoms with Crippen molar-refractivity contribution in [1.82, 2.24) is 5.32 Å². The first-order chi connectivity index (χ1) is 8.16. The van der Waals surface area contributed by atoms with Gasteiger partial charge in [-0.15, -0.1) is 0 Å². The molecule has 0 amide bonds. The third kappa shape index (κ3) is 14.4. The van der Waals surface area contributed by atoms with Crippen molar-refractivity contribution < 1.29 is 0 Å². The molecule has 1 N–H and O–H groups in total. The van der Waals surface area contributed by atoms with Gasteiger partial charge in [0.25, 0.3) is 0 Å². The average molecular weight is 306 g/mol. The summed E-state index contributed by atoms with van der Waals surface area (Å²) in [5.74, 6) is 0. The van der Waals surface area contributed by atoms with Gasteiger partial charge in [-0.25, -0.2) is 0 Å². The Labute approximate surface area is 117 Å². The maximum absolute atomic E-state index is 3.60. The van der Waals surface area contributed by atoms with Crippen LogP contribution in [0.15, 0.2) is 0 Å². The maximum Gasteiger partial charge on any atom is 0.0132 e. The van der Waals surface area contributed by atoms with Gasteiger partial charge in [-0.05, 0) is 26.3 Å². The van der Waals surface area contributed by atoms with Crippen molar-refractivity contribution in [3.63, 3.8) is 0 Å². The van der Waals surface area contributed by atoms with Gasteiger partial charge in [-0.1, -0.05) is 74.7 Å². The number of alkyl halides is 1. The van der Waals surface area contributed by atoms with Crippen LogP contribution in [-0.2, 0) is 0 Å². The number of rotatable bonds is 12. The lowest BCUT2D eigenvalue weighted by Gasteiger charge is -2.14. The molecule has 0 aromatic carbocycles. The van der Waals surface area contributed by atoms with E-state index in [0.29, 0.717) is 10.9 Å². The Balaban J connectivity index is 3.07. The van der Waals surface area contributed by atoms with Gasteiger partial charge in [0.1, 0.15) is 0 Å². The Morgan fingerprint density at radius 1 is 0.882 bits per heavy atom. The molecule has 0 rings (SSSR count). The van der Waals surface area contributed by atoms with E-state index in [1.165, 1.54) is 64.3 Å². The van der Waals surface area contributed by atoms with Gasteiger partial charge in [0.05, 0.1) is 0 Å². The first kappa shape index (κ1) is 17.4. The van der Waals surface area contributed by atoms with Gasteiger partial charge in [0, 0.05) is 10.9 Å². The number of hydrogen-bond acceptors (Lipinski definition) is 1. The molecule has 0 saturated carbocycles. The summed E-state index contributed by atoms with van der Waals surface area (Å²) < 4.78 is 0. The molecule has 0 aliphatic rings. The molecule has 0 radical (unpaired) electrons. The van der Waals surface area contributed by atoms with Crippen LogP contribution in [0.3, 0.4) is 0 Å². The number of hydrogen-bond donors (Lipinski definition) is 1. The molecule has 0 aromatic heterocycles. The molecule has 0 bridgehead atoms. The molecule has 0 fully saturated rings. The van der Waals surface area contributed by atoms with E-state index in [1.807, 2.05) is 0 Å². The van der Waals surface area contributed by atoms with Crippen molar-refractivity contribution in [3.8, 4) is 0 Å². The SMILES string of the molecule is CCCCCCCCCCNC(C)CC(C)Br. The van der Waals surface area contributed by atoms with Crippen LogP contribution in [0.25, 0.3) is 0 Å². The summed E-state index contributed by atoms with van der Waals surface area (Å²) in [6, 6.07) is 0.647. The van der Waals surface area contributed by atoms with Gasteiger partial charge in [0.2, 0.25) is 0 Å². The van der Waals surface area contributed by atoms with Crippen LogP contribution in [0.4, 0.5) is 0 Å². The Morgan fingerprint density at radius 3 is 1.94 bits per heavy atom. The lowest BCUT2D eigenvalue weighted by molar-refractivity contribution is 0.490. The predicted octanol–water partition coefficient (Wildman–Crippen LogP) is 5.28. The summed E-state index contributed by atoms with van der Waals surface area (Å²) in [4.78, 5) is 0.628. The molecule has 0 aliphatic carbocycles. The van der Waals surface area contributed by atoms with Crippen molar-refractivity contribution in [1.29, 1.82) is 0 Å². The first-order valence-corrected chi connectivity index (χ1v) is 8.45. The molecule has 0 heterocycles. The molecule has 17 heavy (non-hydrogen) atoms. The summed E-state index contributed by atoms with van der Waals surface area (Å²) in [6.45, 7) is 7.97. The highest BCUT2D eigenvalue weighted by molar-refractivity contribution is 9.09. The van der Waals surface area contributed by atoms with E-state index in [0.717, 1.165) is 0 Å². The van der Waals surface area contributed by atoms with Crippen molar-refractivity contribution in [2.24, 2.45) is 0 Å². The highest BCUT2D eigenvalue weighted by Crippen LogP contribution is 2.09. The number of unbranched alkanes of at least 4 members (excludes halogenated alkanes) is 7. The van der Waals surface area contributed by atoms with E-state index in [2.05, 4.69) is 42.0 Å². The van der Waals surface area contributed by atoms with E-state index in [9.17, 15) is 0 Å². The molecule has 1 nitrogen and oxygen atoms in total. The first-order valence-electron chi connectivity index (χ1n) is 7.54. The molecular weight excluding hydrogens is 274 g/mol. The standard InChI is InChI=1S/C15H32BrN/c1-4-5-6-7-8-9-10-11-12-17-15(3)13-14(2)16/h14-15,17H,4-13H2,1-3H3. The van der Waals surface area contributed by atoms with Gasteiger partial charge in [-0.3, -0.25) is 0 Å². The Bertz CT molecular complexity index is 148. The van der Waals surface area contributed by atoms with Crippen LogP contribution in [0, 0.1) is 0 Å². The third-order valence-corrected chi connectivity index (χ3v) is 3.58. The molecule has 2 unspecified atom stereocenters. The minimum Gasteiger partial charge on any atom is -0.314 e. The fourth-order valence-electron chi connectivity index (χ4n) is 2.18. The minimum absolute atomic E-state index is 0.628. The van der Waals surface area contributed by atoms with E-state index in [1.54, 1.807) is 0 Å². The Morgan fingerprint density at radius 2 is 1.41 bits per heavy atom. The fourth-order valence-corrected chi connectivity index (χ4v) is 2.74. The summed E-state index contributed by atoms with van der Waals surface area (Å²) in [7, 11) is 0. The van der Waals surface area contributed by atoms with E-state index in [-0.39, 0.29) is 0 Å². The second kappa shape index (κ2) is 12.9. The monoisotopic (exact) mass is 305 g/mol. The second-order valence-electron chi connectivity index (χ2n) is 5.35. The Hall–Kier alpha value is 0.440. The zero-order valence-corrected chi connectivity index (χ0v) is 13.7. The molecule has 2 heteroatoms. The maximum atomic E-state index is 3.60. The van der Waals surface area contributed by atoms with Crippen molar-refractivity contribution in [3.05, 3.63) is 0 Å². The van der Waals surface area contributed by atoms with E-state index in [4.69, 9.17) is 0 Å². The lowest BCUT2D eigenvalue weighted by Crippen LogP contribution is -2.28. The van der Waals surface area contributed by atoms with Crippen molar-refractivity contribution in [2.75, 3.05) is 6.54 Å². The normalized spacial score (nSPS) is 14.8. The molecule has 0 spiro atoms. The summed E-state index contributed by atoms with van der Waals surface area (Å²) >= 11 is 3.60. The quantitative estimate of drug-likeness (QED) is 0.382.